The molecule has 0 spiro atoms. The molecule has 0 radical (unpaired) electrons. The summed E-state index contributed by atoms with van der Waals surface area (Å²) >= 11 is 0. The Bertz CT molecular complexity index is 263. The van der Waals surface area contributed by atoms with Crippen LogP contribution in [0.5, 0.6) is 0 Å². The van der Waals surface area contributed by atoms with Crippen molar-refractivity contribution in [2.45, 2.75) is 20.3 Å². The summed E-state index contributed by atoms with van der Waals surface area (Å²) in [6, 6.07) is 8.00. The highest BCUT2D eigenvalue weighted by Crippen LogP contribution is 2.02. The van der Waals surface area contributed by atoms with Crippen molar-refractivity contribution in [2.24, 2.45) is 0 Å². The summed E-state index contributed by atoms with van der Waals surface area (Å²) in [6.07, 6.45) is 0.276. The van der Waals surface area contributed by atoms with E-state index in [1.807, 2.05) is 19.9 Å². The van der Waals surface area contributed by atoms with Crippen LogP contribution in [0.15, 0.2) is 24.3 Å². The highest BCUT2D eigenvalue weighted by Gasteiger charge is 1.91. The van der Waals surface area contributed by atoms with Gasteiger partial charge >= 0.3 is 0 Å². The average Bonchev–Trinajstić information content (AvgIpc) is 2.09. The Morgan fingerprint density at radius 3 is 2.58 bits per heavy atom. The molecule has 0 heterocycles. The Hall–Kier alpha value is -1.36. The van der Waals surface area contributed by atoms with Gasteiger partial charge in [-0.15, -0.1) is 0 Å². The summed E-state index contributed by atoms with van der Waals surface area (Å²) in [7, 11) is 0. The zero-order valence-electron chi connectivity index (χ0n) is 7.34. The summed E-state index contributed by atoms with van der Waals surface area (Å²) in [4.78, 5) is 0. The minimum absolute atomic E-state index is 0.276. The van der Waals surface area contributed by atoms with Crippen molar-refractivity contribution in [2.75, 3.05) is 0 Å². The minimum Gasteiger partial charge on any atom is -0.207 e. The van der Waals surface area contributed by atoms with Crippen LogP contribution in [0, 0.1) is 17.1 Å². The van der Waals surface area contributed by atoms with E-state index < -0.39 is 0 Å². The number of nitriles is 1. The lowest BCUT2D eigenvalue weighted by Crippen LogP contribution is -1.81. The third kappa shape index (κ3) is 3.72. The molecular weight excluding hydrogens is 153 g/mol. The van der Waals surface area contributed by atoms with Gasteiger partial charge in [0.2, 0.25) is 0 Å². The average molecular weight is 165 g/mol. The molecule has 1 nitrogen and oxygen atoms in total. The number of benzene rings is 1. The van der Waals surface area contributed by atoms with Gasteiger partial charge in [0.25, 0.3) is 0 Å². The van der Waals surface area contributed by atoms with Crippen LogP contribution in [-0.4, -0.2) is 0 Å². The highest BCUT2D eigenvalue weighted by atomic mass is 19.1. The summed E-state index contributed by atoms with van der Waals surface area (Å²) < 4.78 is 12.4. The number of nitrogens with zero attached hydrogens (tertiary/aromatic N) is 1. The molecule has 0 aliphatic heterocycles. The Morgan fingerprint density at radius 1 is 1.42 bits per heavy atom. The van der Waals surface area contributed by atoms with Crippen molar-refractivity contribution in [3.8, 4) is 6.07 Å². The lowest BCUT2D eigenvalue weighted by atomic mass is 10.2. The zero-order chi connectivity index (χ0) is 9.40. The van der Waals surface area contributed by atoms with E-state index in [9.17, 15) is 4.39 Å². The number of hydrogen-bond donors (Lipinski definition) is 0. The lowest BCUT2D eigenvalue weighted by Gasteiger charge is -1.91. The normalized spacial score (nSPS) is 7.83. The molecule has 0 bridgehead atoms. The van der Waals surface area contributed by atoms with E-state index in [0.717, 1.165) is 5.56 Å². The van der Waals surface area contributed by atoms with Crippen LogP contribution in [-0.2, 0) is 6.42 Å². The molecule has 0 fully saturated rings. The third-order valence-electron chi connectivity index (χ3n) is 1.17. The van der Waals surface area contributed by atoms with Gasteiger partial charge in [0.1, 0.15) is 5.82 Å². The van der Waals surface area contributed by atoms with Crippen molar-refractivity contribution >= 4 is 0 Å². The van der Waals surface area contributed by atoms with E-state index >= 15 is 0 Å². The molecule has 0 N–H and O–H groups in total. The molecule has 0 saturated carbocycles. The molecule has 0 amide bonds. The predicted molar refractivity (Wildman–Crippen MR) is 47.1 cm³/mol. The van der Waals surface area contributed by atoms with Gasteiger partial charge in [0.15, 0.2) is 0 Å². The van der Waals surface area contributed by atoms with Crippen molar-refractivity contribution < 1.29 is 4.39 Å². The SMILES string of the molecule is CC.N#CCc1cccc(F)c1. The predicted octanol–water partition coefficient (Wildman–Crippen LogP) is 2.92. The van der Waals surface area contributed by atoms with Crippen molar-refractivity contribution in [3.63, 3.8) is 0 Å². The zero-order valence-corrected chi connectivity index (χ0v) is 7.34. The maximum absolute atomic E-state index is 12.4. The maximum Gasteiger partial charge on any atom is 0.123 e. The first-order valence-corrected chi connectivity index (χ1v) is 3.94. The molecule has 0 aromatic heterocycles. The fourth-order valence-corrected chi connectivity index (χ4v) is 0.738. The molecule has 0 unspecified atom stereocenters. The van der Waals surface area contributed by atoms with E-state index in [-0.39, 0.29) is 12.2 Å². The molecule has 2 heteroatoms. The van der Waals surface area contributed by atoms with Crippen LogP contribution < -0.4 is 0 Å². The first-order chi connectivity index (χ1) is 5.83. The number of rotatable bonds is 1. The smallest absolute Gasteiger partial charge is 0.123 e. The van der Waals surface area contributed by atoms with E-state index in [1.165, 1.54) is 12.1 Å². The van der Waals surface area contributed by atoms with Crippen LogP contribution in [0.2, 0.25) is 0 Å². The van der Waals surface area contributed by atoms with E-state index in [1.54, 1.807) is 12.1 Å². The summed E-state index contributed by atoms with van der Waals surface area (Å²) in [6.45, 7) is 4.00. The first kappa shape index (κ1) is 10.6. The molecule has 0 aliphatic carbocycles. The fourth-order valence-electron chi connectivity index (χ4n) is 0.738. The molecule has 0 saturated heterocycles. The van der Waals surface area contributed by atoms with E-state index in [2.05, 4.69) is 0 Å². The molecular formula is C10H12FN. The standard InChI is InChI=1S/C8H6FN.C2H6/c9-8-3-1-2-7(6-8)4-5-10;1-2/h1-3,6H,4H2;1-2H3. The molecule has 1 aromatic carbocycles. The maximum atomic E-state index is 12.4. The highest BCUT2D eigenvalue weighted by molar-refractivity contribution is 5.19. The van der Waals surface area contributed by atoms with Crippen molar-refractivity contribution in [3.05, 3.63) is 35.6 Å². The second-order valence-corrected chi connectivity index (χ2v) is 1.96. The van der Waals surface area contributed by atoms with Crippen molar-refractivity contribution in [1.29, 1.82) is 5.26 Å². The topological polar surface area (TPSA) is 23.8 Å². The summed E-state index contributed by atoms with van der Waals surface area (Å²) in [5.41, 5.74) is 0.725. The molecule has 0 aliphatic rings. The summed E-state index contributed by atoms with van der Waals surface area (Å²) in [5.74, 6) is -0.284. The van der Waals surface area contributed by atoms with Gasteiger partial charge < -0.3 is 0 Å². The van der Waals surface area contributed by atoms with Crippen LogP contribution >= 0.6 is 0 Å². The van der Waals surface area contributed by atoms with Crippen LogP contribution in [0.25, 0.3) is 0 Å². The molecule has 0 atom stereocenters. The lowest BCUT2D eigenvalue weighted by molar-refractivity contribution is 0.626. The Balaban J connectivity index is 0.000000561. The van der Waals surface area contributed by atoms with E-state index in [4.69, 9.17) is 5.26 Å². The van der Waals surface area contributed by atoms with Gasteiger partial charge in [0.05, 0.1) is 12.5 Å². The Labute approximate surface area is 72.5 Å². The van der Waals surface area contributed by atoms with Crippen molar-refractivity contribution in [1.82, 2.24) is 0 Å². The fraction of sp³-hybridized carbons (Fsp3) is 0.300. The van der Waals surface area contributed by atoms with Gasteiger partial charge in [-0.3, -0.25) is 0 Å². The number of halogens is 1. The first-order valence-electron chi connectivity index (χ1n) is 3.94. The van der Waals surface area contributed by atoms with Gasteiger partial charge in [0, 0.05) is 0 Å². The van der Waals surface area contributed by atoms with Crippen LogP contribution in [0.1, 0.15) is 19.4 Å². The van der Waals surface area contributed by atoms with Gasteiger partial charge in [-0.2, -0.15) is 5.26 Å². The quantitative estimate of drug-likeness (QED) is 0.627. The molecule has 12 heavy (non-hydrogen) atoms. The van der Waals surface area contributed by atoms with Gasteiger partial charge in [-0.25, -0.2) is 4.39 Å². The minimum atomic E-state index is -0.284. The monoisotopic (exact) mass is 165 g/mol. The largest absolute Gasteiger partial charge is 0.207 e. The van der Waals surface area contributed by atoms with Gasteiger partial charge in [-0.05, 0) is 17.7 Å². The van der Waals surface area contributed by atoms with Crippen LogP contribution in [0.4, 0.5) is 4.39 Å². The molecule has 64 valence electrons. The van der Waals surface area contributed by atoms with E-state index in [0.29, 0.717) is 0 Å². The van der Waals surface area contributed by atoms with Gasteiger partial charge in [-0.1, -0.05) is 26.0 Å². The molecule has 1 rings (SSSR count). The Kier molecular flexibility index (Phi) is 5.64. The Morgan fingerprint density at radius 2 is 2.08 bits per heavy atom. The number of hydrogen-bond acceptors (Lipinski definition) is 1. The second kappa shape index (κ2) is 6.36. The summed E-state index contributed by atoms with van der Waals surface area (Å²) in [5, 5.41) is 8.24. The second-order valence-electron chi connectivity index (χ2n) is 1.96. The third-order valence-corrected chi connectivity index (χ3v) is 1.17. The molecule has 1 aromatic rings. The van der Waals surface area contributed by atoms with Crippen LogP contribution in [0.3, 0.4) is 0 Å².